The smallest absolute Gasteiger partial charge is 0.143 e. The lowest BCUT2D eigenvalue weighted by Gasteiger charge is -2.28. The quantitative estimate of drug-likeness (QED) is 0.626. The third-order valence-electron chi connectivity index (χ3n) is 6.62. The first kappa shape index (κ1) is 18.6. The molecule has 3 aromatic rings. The second kappa shape index (κ2) is 8.13. The molecule has 5 rings (SSSR count). The van der Waals surface area contributed by atoms with Gasteiger partial charge in [-0.3, -0.25) is 4.90 Å². The molecule has 4 nitrogen and oxygen atoms in total. The lowest BCUT2D eigenvalue weighted by atomic mass is 9.98. The van der Waals surface area contributed by atoms with E-state index in [0.29, 0.717) is 0 Å². The number of fused-ring (bicyclic) bond motifs is 1. The van der Waals surface area contributed by atoms with Gasteiger partial charge in [-0.1, -0.05) is 59.8 Å². The molecule has 1 atom stereocenters. The summed E-state index contributed by atoms with van der Waals surface area (Å²) < 4.78 is 5.71. The highest BCUT2D eigenvalue weighted by Crippen LogP contribution is 2.32. The fourth-order valence-electron chi connectivity index (χ4n) is 4.81. The Morgan fingerprint density at radius 1 is 0.966 bits per heavy atom. The maximum Gasteiger partial charge on any atom is 0.143 e. The van der Waals surface area contributed by atoms with Crippen LogP contribution in [0.4, 0.5) is 0 Å². The van der Waals surface area contributed by atoms with Gasteiger partial charge < -0.3 is 9.42 Å². The van der Waals surface area contributed by atoms with Gasteiger partial charge >= 0.3 is 0 Å². The van der Waals surface area contributed by atoms with Crippen molar-refractivity contribution >= 4 is 0 Å². The largest absolute Gasteiger partial charge is 0.360 e. The highest BCUT2D eigenvalue weighted by Gasteiger charge is 2.26. The molecule has 0 radical (unpaired) electrons. The predicted octanol–water partition coefficient (Wildman–Crippen LogP) is 4.85. The third-order valence-corrected chi connectivity index (χ3v) is 6.62. The van der Waals surface area contributed by atoms with Gasteiger partial charge in [0.1, 0.15) is 11.5 Å². The molecule has 3 heterocycles. The summed E-state index contributed by atoms with van der Waals surface area (Å²) in [6, 6.07) is 20.0. The molecule has 150 valence electrons. The molecule has 29 heavy (non-hydrogen) atoms. The molecule has 0 amide bonds. The molecular formula is C25H29N3O. The molecule has 2 aliphatic heterocycles. The van der Waals surface area contributed by atoms with Crippen LogP contribution in [0.5, 0.6) is 0 Å². The number of rotatable bonds is 5. The molecular weight excluding hydrogens is 358 g/mol. The van der Waals surface area contributed by atoms with Crippen molar-refractivity contribution < 1.29 is 4.52 Å². The van der Waals surface area contributed by atoms with E-state index >= 15 is 0 Å². The summed E-state index contributed by atoms with van der Waals surface area (Å²) in [6.45, 7) is 4.44. The summed E-state index contributed by atoms with van der Waals surface area (Å²) >= 11 is 0. The number of likely N-dealkylation sites (tertiary alicyclic amines) is 1. The van der Waals surface area contributed by atoms with Crippen LogP contribution >= 0.6 is 0 Å². The normalized spacial score (nSPS) is 20.1. The van der Waals surface area contributed by atoms with E-state index in [1.807, 2.05) is 0 Å². The average Bonchev–Trinajstić information content (AvgIpc) is 3.38. The minimum absolute atomic E-state index is 0.754. The molecule has 0 bridgehead atoms. The number of benzene rings is 2. The molecule has 1 fully saturated rings. The van der Waals surface area contributed by atoms with Crippen molar-refractivity contribution in [3.05, 3.63) is 65.9 Å². The van der Waals surface area contributed by atoms with Crippen LogP contribution in [0, 0.1) is 0 Å². The second-order valence-corrected chi connectivity index (χ2v) is 8.47. The van der Waals surface area contributed by atoms with E-state index in [1.165, 1.54) is 42.5 Å². The average molecular weight is 388 g/mol. The first-order valence-electron chi connectivity index (χ1n) is 10.8. The standard InChI is InChI=1S/C25H29N3O/c1-27-15-5-8-22(27)13-16-28-17-14-24-23(18-28)25(26-29-24)21-11-9-20(10-12-21)19-6-3-2-4-7-19/h2-4,6-7,9-12,22H,5,8,13-18H2,1H3/t22-/m1/s1. The first-order valence-corrected chi connectivity index (χ1v) is 10.8. The van der Waals surface area contributed by atoms with Crippen LogP contribution in [-0.2, 0) is 13.0 Å². The van der Waals surface area contributed by atoms with E-state index in [4.69, 9.17) is 4.52 Å². The highest BCUT2D eigenvalue weighted by molar-refractivity contribution is 5.70. The Morgan fingerprint density at radius 2 is 1.72 bits per heavy atom. The molecule has 0 spiro atoms. The van der Waals surface area contributed by atoms with E-state index in [9.17, 15) is 0 Å². The fourth-order valence-corrected chi connectivity index (χ4v) is 4.81. The van der Waals surface area contributed by atoms with Crippen molar-refractivity contribution in [3.8, 4) is 22.4 Å². The van der Waals surface area contributed by atoms with Crippen LogP contribution in [0.1, 0.15) is 30.6 Å². The summed E-state index contributed by atoms with van der Waals surface area (Å²) in [5.41, 5.74) is 5.91. The number of nitrogens with zero attached hydrogens (tertiary/aromatic N) is 3. The molecule has 0 aliphatic carbocycles. The molecule has 0 saturated carbocycles. The zero-order chi connectivity index (χ0) is 19.6. The van der Waals surface area contributed by atoms with Crippen molar-refractivity contribution in [3.63, 3.8) is 0 Å². The molecule has 2 aromatic carbocycles. The van der Waals surface area contributed by atoms with E-state index in [-0.39, 0.29) is 0 Å². The minimum Gasteiger partial charge on any atom is -0.360 e. The molecule has 4 heteroatoms. The summed E-state index contributed by atoms with van der Waals surface area (Å²) in [5, 5.41) is 4.44. The lowest BCUT2D eigenvalue weighted by Crippen LogP contribution is -2.35. The van der Waals surface area contributed by atoms with Crippen LogP contribution in [0.15, 0.2) is 59.1 Å². The lowest BCUT2D eigenvalue weighted by molar-refractivity contribution is 0.202. The highest BCUT2D eigenvalue weighted by atomic mass is 16.5. The van der Waals surface area contributed by atoms with Crippen molar-refractivity contribution in [2.75, 3.05) is 26.7 Å². The van der Waals surface area contributed by atoms with Crippen LogP contribution in [0.3, 0.4) is 0 Å². The van der Waals surface area contributed by atoms with Gasteiger partial charge in [-0.05, 0) is 50.5 Å². The Morgan fingerprint density at radius 3 is 2.48 bits per heavy atom. The maximum absolute atomic E-state index is 5.71. The summed E-state index contributed by atoms with van der Waals surface area (Å²) in [6.07, 6.45) is 4.92. The van der Waals surface area contributed by atoms with Gasteiger partial charge in [0.2, 0.25) is 0 Å². The summed E-state index contributed by atoms with van der Waals surface area (Å²) in [7, 11) is 2.27. The SMILES string of the molecule is CN1CCC[C@@H]1CCN1CCc2onc(-c3ccc(-c4ccccc4)cc3)c2C1. The van der Waals surface area contributed by atoms with Gasteiger partial charge in [0.05, 0.1) is 0 Å². The number of aromatic nitrogens is 1. The zero-order valence-electron chi connectivity index (χ0n) is 17.2. The van der Waals surface area contributed by atoms with Gasteiger partial charge in [0.25, 0.3) is 0 Å². The monoisotopic (exact) mass is 387 g/mol. The van der Waals surface area contributed by atoms with Crippen LogP contribution in [0.2, 0.25) is 0 Å². The zero-order valence-corrected chi connectivity index (χ0v) is 17.2. The van der Waals surface area contributed by atoms with E-state index in [0.717, 1.165) is 49.1 Å². The van der Waals surface area contributed by atoms with Crippen molar-refractivity contribution in [2.24, 2.45) is 0 Å². The molecule has 1 aromatic heterocycles. The Labute approximate surface area is 173 Å². The Hall–Kier alpha value is -2.43. The van der Waals surface area contributed by atoms with Crippen LogP contribution in [0.25, 0.3) is 22.4 Å². The molecule has 1 saturated heterocycles. The second-order valence-electron chi connectivity index (χ2n) is 8.47. The molecule has 0 N–H and O–H groups in total. The Balaban J connectivity index is 1.30. The number of hydrogen-bond acceptors (Lipinski definition) is 4. The minimum atomic E-state index is 0.754. The fraction of sp³-hybridized carbons (Fsp3) is 0.400. The van der Waals surface area contributed by atoms with Gasteiger partial charge in [0, 0.05) is 36.7 Å². The Kier molecular flexibility index (Phi) is 5.21. The summed E-state index contributed by atoms with van der Waals surface area (Å²) in [5.74, 6) is 1.07. The van der Waals surface area contributed by atoms with Crippen molar-refractivity contribution in [1.82, 2.24) is 15.0 Å². The topological polar surface area (TPSA) is 32.5 Å². The van der Waals surface area contributed by atoms with Gasteiger partial charge in [-0.2, -0.15) is 0 Å². The van der Waals surface area contributed by atoms with Crippen LogP contribution < -0.4 is 0 Å². The van der Waals surface area contributed by atoms with Gasteiger partial charge in [0.15, 0.2) is 0 Å². The van der Waals surface area contributed by atoms with Crippen LogP contribution in [-0.4, -0.2) is 47.7 Å². The van der Waals surface area contributed by atoms with Gasteiger partial charge in [-0.15, -0.1) is 0 Å². The van der Waals surface area contributed by atoms with E-state index in [2.05, 4.69) is 76.6 Å². The third kappa shape index (κ3) is 3.87. The predicted molar refractivity (Wildman–Crippen MR) is 117 cm³/mol. The Bertz CT molecular complexity index is 948. The van der Waals surface area contributed by atoms with E-state index < -0.39 is 0 Å². The van der Waals surface area contributed by atoms with Crippen molar-refractivity contribution in [1.29, 1.82) is 0 Å². The summed E-state index contributed by atoms with van der Waals surface area (Å²) in [4.78, 5) is 5.10. The first-order chi connectivity index (χ1) is 14.3. The van der Waals surface area contributed by atoms with Gasteiger partial charge in [-0.25, -0.2) is 0 Å². The van der Waals surface area contributed by atoms with E-state index in [1.54, 1.807) is 0 Å². The molecule has 0 unspecified atom stereocenters. The maximum atomic E-state index is 5.71. The number of hydrogen-bond donors (Lipinski definition) is 0. The molecule has 2 aliphatic rings. The van der Waals surface area contributed by atoms with Crippen molar-refractivity contribution in [2.45, 2.75) is 38.3 Å².